The molecule has 0 bridgehead atoms. The minimum atomic E-state index is -0.971. The highest BCUT2D eigenvalue weighted by atomic mass is 16.6. The largest absolute Gasteiger partial charge is 0.446 e. The number of ketones is 1. The van der Waals surface area contributed by atoms with Crippen LogP contribution in [0.1, 0.15) is 130 Å². The van der Waals surface area contributed by atoms with Crippen LogP contribution in [0.15, 0.2) is 12.7 Å². The maximum absolute atomic E-state index is 14.1. The monoisotopic (exact) mass is 644 g/mol. The van der Waals surface area contributed by atoms with Gasteiger partial charge >= 0.3 is 6.09 Å². The van der Waals surface area contributed by atoms with Crippen LogP contribution in [-0.4, -0.2) is 71.8 Å². The third-order valence-electron chi connectivity index (χ3n) is 10.1. The van der Waals surface area contributed by atoms with E-state index in [2.05, 4.69) is 36.4 Å². The molecule has 3 N–H and O–H groups in total. The van der Waals surface area contributed by atoms with Gasteiger partial charge in [-0.15, -0.1) is 6.58 Å². The number of ether oxygens (including phenoxy) is 1. The van der Waals surface area contributed by atoms with Crippen molar-refractivity contribution in [3.05, 3.63) is 12.7 Å². The van der Waals surface area contributed by atoms with Gasteiger partial charge in [0.1, 0.15) is 18.2 Å². The van der Waals surface area contributed by atoms with Gasteiger partial charge in [-0.25, -0.2) is 4.79 Å². The van der Waals surface area contributed by atoms with Gasteiger partial charge in [0.2, 0.25) is 17.6 Å². The van der Waals surface area contributed by atoms with Crippen molar-refractivity contribution in [1.29, 1.82) is 0 Å². The molecule has 0 radical (unpaired) electrons. The van der Waals surface area contributed by atoms with Gasteiger partial charge in [-0.3, -0.25) is 19.2 Å². The average Bonchev–Trinajstić information content (AvgIpc) is 3.85. The molecule has 0 aromatic carbocycles. The highest BCUT2D eigenvalue weighted by molar-refractivity contribution is 6.38. The van der Waals surface area contributed by atoms with Crippen molar-refractivity contribution in [3.63, 3.8) is 0 Å². The lowest BCUT2D eigenvalue weighted by atomic mass is 9.83. The van der Waals surface area contributed by atoms with Crippen LogP contribution in [0.2, 0.25) is 0 Å². The molecule has 1 aliphatic heterocycles. The molecular formula is C36H60N4O6. The maximum Gasteiger partial charge on any atom is 0.408 e. The molecule has 3 saturated carbocycles. The van der Waals surface area contributed by atoms with E-state index < -0.39 is 41.8 Å². The zero-order valence-electron chi connectivity index (χ0n) is 28.7. The van der Waals surface area contributed by atoms with Crippen LogP contribution in [0, 0.1) is 17.8 Å². The number of hydrogen-bond acceptors (Lipinski definition) is 6. The number of carbonyl (C=O) groups excluding carboxylic acids is 5. The molecule has 10 heteroatoms. The van der Waals surface area contributed by atoms with Gasteiger partial charge in [0.25, 0.3) is 5.91 Å². The van der Waals surface area contributed by atoms with E-state index in [1.807, 2.05) is 6.92 Å². The number of rotatable bonds is 13. The number of nitrogens with zero attached hydrogens (tertiary/aromatic N) is 1. The quantitative estimate of drug-likeness (QED) is 0.177. The molecule has 3 aliphatic carbocycles. The Bertz CT molecular complexity index is 1020. The van der Waals surface area contributed by atoms with E-state index in [-0.39, 0.29) is 24.5 Å². The van der Waals surface area contributed by atoms with E-state index in [1.165, 1.54) is 38.2 Å². The lowest BCUT2D eigenvalue weighted by Gasteiger charge is -2.35. The summed E-state index contributed by atoms with van der Waals surface area (Å²) >= 11 is 0. The average molecular weight is 645 g/mol. The Balaban J connectivity index is 0.00000185. The minimum absolute atomic E-state index is 0.0182. The molecule has 4 unspecified atom stereocenters. The van der Waals surface area contributed by atoms with E-state index >= 15 is 0 Å². The standard InChI is InChI=1S/C33H52N4O6.C3H8/c1-3-12-25(29(38)31(40)34-20-4-2)35-30(39)26-18-11-21-37(26)32(41)28(23-15-6-5-7-16-23)36-33(42)43-27-19-10-17-24(27)22-13-8-9-14-22;1-3-2/h4,22-28H,2-3,5-21H2,1H3,(H,34,40)(H,35,39)(H,36,42);3H2,1-2H3/t24?,25?,26-,27?,28?;/m0./s1. The van der Waals surface area contributed by atoms with E-state index in [0.29, 0.717) is 44.1 Å². The molecule has 4 rings (SSSR count). The summed E-state index contributed by atoms with van der Waals surface area (Å²) in [4.78, 5) is 67.6. The fourth-order valence-corrected chi connectivity index (χ4v) is 7.89. The SMILES string of the molecule is C=CCNC(=O)C(=O)C(CCC)NC(=O)[C@@H]1CCCN1C(=O)C(NC(=O)OC1CCCC1C1CCCC1)C1CCCCC1.CCC. The van der Waals surface area contributed by atoms with E-state index in [9.17, 15) is 24.0 Å². The van der Waals surface area contributed by atoms with E-state index in [1.54, 1.807) is 4.90 Å². The van der Waals surface area contributed by atoms with Gasteiger partial charge in [-0.1, -0.05) is 84.6 Å². The van der Waals surface area contributed by atoms with Crippen LogP contribution in [0.5, 0.6) is 0 Å². The summed E-state index contributed by atoms with van der Waals surface area (Å²) in [6.07, 6.45) is 16.8. The second-order valence-electron chi connectivity index (χ2n) is 13.7. The first-order chi connectivity index (χ1) is 22.2. The van der Waals surface area contributed by atoms with Crippen molar-refractivity contribution in [3.8, 4) is 0 Å². The number of Topliss-reactive ketones (excluding diaryl/α,β-unsaturated/α-hetero) is 1. The highest BCUT2D eigenvalue weighted by Gasteiger charge is 2.43. The van der Waals surface area contributed by atoms with E-state index in [4.69, 9.17) is 4.74 Å². The van der Waals surface area contributed by atoms with E-state index in [0.717, 1.165) is 51.4 Å². The van der Waals surface area contributed by atoms with Crippen LogP contribution < -0.4 is 16.0 Å². The van der Waals surface area contributed by atoms with Crippen molar-refractivity contribution in [2.75, 3.05) is 13.1 Å². The summed E-state index contributed by atoms with van der Waals surface area (Å²) in [5, 5.41) is 8.22. The van der Waals surface area contributed by atoms with Gasteiger partial charge in [-0.2, -0.15) is 0 Å². The molecular weight excluding hydrogens is 584 g/mol. The maximum atomic E-state index is 14.1. The Morgan fingerprint density at radius 3 is 2.17 bits per heavy atom. The number of hydrogen-bond donors (Lipinski definition) is 3. The summed E-state index contributed by atoms with van der Waals surface area (Å²) in [5.74, 6) is -1.17. The Morgan fingerprint density at radius 2 is 1.52 bits per heavy atom. The first kappa shape index (κ1) is 37.5. The predicted molar refractivity (Wildman–Crippen MR) is 179 cm³/mol. The number of likely N-dealkylation sites (tertiary alicyclic amines) is 1. The number of nitrogens with one attached hydrogen (secondary N) is 3. The molecule has 46 heavy (non-hydrogen) atoms. The molecule has 1 saturated heterocycles. The molecule has 1 heterocycles. The summed E-state index contributed by atoms with van der Waals surface area (Å²) in [6.45, 7) is 10.2. The third kappa shape index (κ3) is 10.6. The normalized spacial score (nSPS) is 24.7. The molecule has 0 aromatic rings. The highest BCUT2D eigenvalue weighted by Crippen LogP contribution is 2.42. The number of amides is 4. The van der Waals surface area contributed by atoms with Gasteiger partial charge in [0, 0.05) is 13.1 Å². The molecule has 0 spiro atoms. The van der Waals surface area contributed by atoms with Crippen molar-refractivity contribution < 1.29 is 28.7 Å². The van der Waals surface area contributed by atoms with Gasteiger partial charge in [-0.05, 0) is 69.1 Å². The lowest BCUT2D eigenvalue weighted by Crippen LogP contribution is -2.58. The lowest BCUT2D eigenvalue weighted by molar-refractivity contribution is -0.143. The fraction of sp³-hybridized carbons (Fsp3) is 0.806. The summed E-state index contributed by atoms with van der Waals surface area (Å²) in [6, 6.07) is -2.49. The second kappa shape index (κ2) is 19.7. The first-order valence-corrected chi connectivity index (χ1v) is 18.3. The van der Waals surface area contributed by atoms with Crippen molar-refractivity contribution in [2.24, 2.45) is 17.8 Å². The van der Waals surface area contributed by atoms with Crippen molar-refractivity contribution in [2.45, 2.75) is 154 Å². The van der Waals surface area contributed by atoms with Gasteiger partial charge < -0.3 is 25.6 Å². The second-order valence-corrected chi connectivity index (χ2v) is 13.7. The Morgan fingerprint density at radius 1 is 0.848 bits per heavy atom. The molecule has 10 nitrogen and oxygen atoms in total. The topological polar surface area (TPSA) is 134 Å². The number of carbonyl (C=O) groups is 5. The summed E-state index contributed by atoms with van der Waals surface area (Å²) in [7, 11) is 0. The predicted octanol–water partition coefficient (Wildman–Crippen LogP) is 5.58. The molecule has 4 fully saturated rings. The minimum Gasteiger partial charge on any atom is -0.446 e. The van der Waals surface area contributed by atoms with Gasteiger partial charge in [0.05, 0.1) is 6.04 Å². The number of alkyl carbamates (subject to hydrolysis) is 1. The van der Waals surface area contributed by atoms with Crippen LogP contribution >= 0.6 is 0 Å². The van der Waals surface area contributed by atoms with Crippen LogP contribution in [0.3, 0.4) is 0 Å². The Kier molecular flexibility index (Phi) is 16.1. The smallest absolute Gasteiger partial charge is 0.408 e. The van der Waals surface area contributed by atoms with Crippen molar-refractivity contribution in [1.82, 2.24) is 20.9 Å². The Labute approximate surface area is 276 Å². The van der Waals surface area contributed by atoms with Crippen molar-refractivity contribution >= 4 is 29.6 Å². The fourth-order valence-electron chi connectivity index (χ4n) is 7.89. The summed E-state index contributed by atoms with van der Waals surface area (Å²) in [5.41, 5.74) is 0. The molecule has 5 atom stereocenters. The zero-order chi connectivity index (χ0) is 33.5. The molecule has 260 valence electrons. The zero-order valence-corrected chi connectivity index (χ0v) is 28.7. The van der Waals surface area contributed by atoms with Crippen LogP contribution in [0.4, 0.5) is 4.79 Å². The van der Waals surface area contributed by atoms with Gasteiger partial charge in [0.15, 0.2) is 0 Å². The molecule has 0 aromatic heterocycles. The Hall–Kier alpha value is -2.91. The molecule has 4 aliphatic rings. The third-order valence-corrected chi connectivity index (χ3v) is 10.1. The first-order valence-electron chi connectivity index (χ1n) is 18.3. The molecule has 4 amide bonds. The van der Waals surface area contributed by atoms with Crippen LogP contribution in [-0.2, 0) is 23.9 Å². The van der Waals surface area contributed by atoms with Crippen LogP contribution in [0.25, 0.3) is 0 Å². The summed E-state index contributed by atoms with van der Waals surface area (Å²) < 4.78 is 6.02.